The van der Waals surface area contributed by atoms with E-state index in [0.29, 0.717) is 24.2 Å². The van der Waals surface area contributed by atoms with Gasteiger partial charge in [0, 0.05) is 20.0 Å². The van der Waals surface area contributed by atoms with E-state index in [-0.39, 0.29) is 6.42 Å². The van der Waals surface area contributed by atoms with Gasteiger partial charge < -0.3 is 5.11 Å². The Hall–Kier alpha value is -2.62. The normalized spacial score (nSPS) is 13.6. The van der Waals surface area contributed by atoms with E-state index in [1.54, 1.807) is 4.79 Å². The summed E-state index contributed by atoms with van der Waals surface area (Å²) in [6.07, 6.45) is 6.18. The van der Waals surface area contributed by atoms with Gasteiger partial charge in [-0.25, -0.2) is 4.98 Å². The van der Waals surface area contributed by atoms with Crippen molar-refractivity contribution in [2.24, 2.45) is 0 Å². The van der Waals surface area contributed by atoms with Crippen molar-refractivity contribution >= 4 is 5.97 Å². The molecule has 1 heterocycles. The predicted octanol–water partition coefficient (Wildman–Crippen LogP) is 1.57. The molecule has 0 fully saturated rings. The Balaban J connectivity index is 1.99. The van der Waals surface area contributed by atoms with E-state index in [1.807, 2.05) is 12.1 Å². The first-order chi connectivity index (χ1) is 11.1. The van der Waals surface area contributed by atoms with E-state index in [4.69, 9.17) is 5.11 Å². The van der Waals surface area contributed by atoms with Crippen LogP contribution in [0.5, 0.6) is 0 Å². The van der Waals surface area contributed by atoms with Crippen molar-refractivity contribution in [2.75, 3.05) is 18.6 Å². The second-order valence-corrected chi connectivity index (χ2v) is 5.88. The van der Waals surface area contributed by atoms with Crippen LogP contribution in [0.25, 0.3) is 11.4 Å². The fraction of sp³-hybridized carbons (Fsp3) is 0.500. The van der Waals surface area contributed by atoms with Crippen molar-refractivity contribution in [3.63, 3.8) is 0 Å². The zero-order valence-electron chi connectivity index (χ0n) is 13.1. The minimum absolute atomic E-state index is 0.127. The minimum Gasteiger partial charge on any atom is -0.481 e. The summed E-state index contributed by atoms with van der Waals surface area (Å²) in [4.78, 5) is 16.8. The van der Waals surface area contributed by atoms with E-state index >= 15 is 0 Å². The lowest BCUT2D eigenvalue weighted by atomic mass is 9.94. The van der Waals surface area contributed by atoms with Gasteiger partial charge in [-0.05, 0) is 43.2 Å². The molecule has 0 saturated carbocycles. The second kappa shape index (κ2) is 6.24. The van der Waals surface area contributed by atoms with Crippen LogP contribution >= 0.6 is 0 Å². The standard InChI is InChI=1S/C16H19N5O2/c1-20(8-4-7-14(22)23)21-16-12-6-3-2-5-11(12)13(9-17)15(16)18-10-19-21/h10H,2-8H2,1H3,(H,22,23). The summed E-state index contributed by atoms with van der Waals surface area (Å²) < 4.78 is 0. The van der Waals surface area contributed by atoms with E-state index in [0.717, 1.165) is 36.9 Å². The number of nitriles is 1. The molecule has 23 heavy (non-hydrogen) atoms. The summed E-state index contributed by atoms with van der Waals surface area (Å²) in [6, 6.07) is 2.30. The number of carbonyl (C=O) groups is 1. The first-order valence-electron chi connectivity index (χ1n) is 7.84. The van der Waals surface area contributed by atoms with Crippen LogP contribution in [0.15, 0.2) is 6.33 Å². The number of carboxylic acid groups (broad SMARTS) is 1. The average molecular weight is 313 g/mol. The van der Waals surface area contributed by atoms with Gasteiger partial charge in [0.15, 0.2) is 0 Å². The summed E-state index contributed by atoms with van der Waals surface area (Å²) >= 11 is 0. The SMILES string of the molecule is CN(CCCC(=O)O)n1ncnc2c(C#N)c3c(c1-2)CCCC3. The molecule has 3 aliphatic rings. The Kier molecular flexibility index (Phi) is 4.15. The molecule has 120 valence electrons. The zero-order valence-corrected chi connectivity index (χ0v) is 13.1. The monoisotopic (exact) mass is 313 g/mol. The molecule has 7 nitrogen and oxygen atoms in total. The molecule has 0 aromatic rings. The van der Waals surface area contributed by atoms with Gasteiger partial charge >= 0.3 is 5.97 Å². The Morgan fingerprint density at radius 2 is 2.17 bits per heavy atom. The lowest BCUT2D eigenvalue weighted by Crippen LogP contribution is -2.35. The molecular weight excluding hydrogens is 294 g/mol. The van der Waals surface area contributed by atoms with Crippen LogP contribution < -0.4 is 5.01 Å². The van der Waals surface area contributed by atoms with Crippen LogP contribution in [0.4, 0.5) is 0 Å². The Labute approximate surface area is 134 Å². The average Bonchev–Trinajstić information content (AvgIpc) is 2.88. The van der Waals surface area contributed by atoms with Gasteiger partial charge in [0.2, 0.25) is 0 Å². The molecule has 0 radical (unpaired) electrons. The van der Waals surface area contributed by atoms with Gasteiger partial charge in [-0.3, -0.25) is 9.80 Å². The van der Waals surface area contributed by atoms with Crippen LogP contribution in [0, 0.1) is 11.3 Å². The fourth-order valence-corrected chi connectivity index (χ4v) is 3.31. The molecule has 0 aromatic carbocycles. The molecule has 7 heteroatoms. The topological polar surface area (TPSA) is 95.0 Å². The third kappa shape index (κ3) is 2.72. The van der Waals surface area contributed by atoms with Gasteiger partial charge in [0.05, 0.1) is 5.56 Å². The van der Waals surface area contributed by atoms with Gasteiger partial charge in [-0.1, -0.05) is 0 Å². The van der Waals surface area contributed by atoms with Crippen molar-refractivity contribution in [3.8, 4) is 17.5 Å². The van der Waals surface area contributed by atoms with Gasteiger partial charge in [-0.2, -0.15) is 10.1 Å². The summed E-state index contributed by atoms with van der Waals surface area (Å²) in [7, 11) is 1.88. The summed E-state index contributed by atoms with van der Waals surface area (Å²) in [5.74, 6) is -0.798. The molecule has 3 rings (SSSR count). The molecule has 0 spiro atoms. The fourth-order valence-electron chi connectivity index (χ4n) is 3.31. The second-order valence-electron chi connectivity index (χ2n) is 5.88. The van der Waals surface area contributed by atoms with Crippen LogP contribution in [0.1, 0.15) is 42.4 Å². The highest BCUT2D eigenvalue weighted by atomic mass is 16.4. The van der Waals surface area contributed by atoms with Crippen molar-refractivity contribution in [1.82, 2.24) is 14.9 Å². The third-order valence-electron chi connectivity index (χ3n) is 4.37. The predicted molar refractivity (Wildman–Crippen MR) is 83.9 cm³/mol. The number of fused-ring (bicyclic) bond motifs is 3. The first kappa shape index (κ1) is 15.3. The van der Waals surface area contributed by atoms with Crippen LogP contribution in [-0.2, 0) is 17.6 Å². The smallest absolute Gasteiger partial charge is 0.303 e. The highest BCUT2D eigenvalue weighted by Crippen LogP contribution is 2.38. The van der Waals surface area contributed by atoms with Crippen molar-refractivity contribution in [3.05, 3.63) is 23.0 Å². The maximum absolute atomic E-state index is 10.7. The molecule has 0 atom stereocenters. The first-order valence-corrected chi connectivity index (χ1v) is 7.84. The molecule has 0 saturated heterocycles. The quantitative estimate of drug-likeness (QED) is 0.900. The number of nitrogens with zero attached hydrogens (tertiary/aromatic N) is 5. The largest absolute Gasteiger partial charge is 0.481 e. The Morgan fingerprint density at radius 3 is 2.87 bits per heavy atom. The summed E-state index contributed by atoms with van der Waals surface area (Å²) in [5, 5.41) is 24.5. The van der Waals surface area contributed by atoms with Crippen molar-refractivity contribution in [2.45, 2.75) is 38.5 Å². The van der Waals surface area contributed by atoms with E-state index in [2.05, 4.69) is 16.2 Å². The number of carboxylic acids is 1. The number of rotatable bonds is 5. The Bertz CT molecular complexity index is 746. The van der Waals surface area contributed by atoms with Crippen LogP contribution in [-0.4, -0.2) is 39.5 Å². The maximum Gasteiger partial charge on any atom is 0.303 e. The van der Waals surface area contributed by atoms with E-state index in [9.17, 15) is 10.1 Å². The van der Waals surface area contributed by atoms with Gasteiger partial charge in [-0.15, -0.1) is 5.10 Å². The number of aromatic nitrogens is 3. The summed E-state index contributed by atoms with van der Waals surface area (Å²) in [6.45, 7) is 0.574. The molecule has 0 bridgehead atoms. The van der Waals surface area contributed by atoms with E-state index < -0.39 is 5.97 Å². The molecule has 0 aromatic heterocycles. The Morgan fingerprint density at radius 1 is 1.43 bits per heavy atom. The molecule has 2 aliphatic carbocycles. The number of aliphatic carboxylic acids is 1. The highest BCUT2D eigenvalue weighted by molar-refractivity contribution is 5.76. The number of hydrogen-bond acceptors (Lipinski definition) is 5. The molecule has 1 aliphatic heterocycles. The number of hydrogen-bond donors (Lipinski definition) is 1. The van der Waals surface area contributed by atoms with Gasteiger partial charge in [0.25, 0.3) is 0 Å². The lowest BCUT2D eigenvalue weighted by molar-refractivity contribution is -0.137. The molecule has 0 unspecified atom stereocenters. The zero-order chi connectivity index (χ0) is 16.4. The van der Waals surface area contributed by atoms with Crippen molar-refractivity contribution in [1.29, 1.82) is 5.26 Å². The lowest BCUT2D eigenvalue weighted by Gasteiger charge is -2.24. The van der Waals surface area contributed by atoms with Gasteiger partial charge in [0.1, 0.15) is 23.8 Å². The van der Waals surface area contributed by atoms with Crippen LogP contribution in [0.2, 0.25) is 0 Å². The molecule has 0 amide bonds. The highest BCUT2D eigenvalue weighted by Gasteiger charge is 2.29. The maximum atomic E-state index is 10.7. The minimum atomic E-state index is -0.798. The van der Waals surface area contributed by atoms with Crippen molar-refractivity contribution < 1.29 is 9.90 Å². The molecular formula is C16H19N5O2. The third-order valence-corrected chi connectivity index (χ3v) is 4.37. The molecule has 1 N–H and O–H groups in total. The van der Waals surface area contributed by atoms with E-state index in [1.165, 1.54) is 11.9 Å². The van der Waals surface area contributed by atoms with Crippen LogP contribution in [0.3, 0.4) is 0 Å². The summed E-state index contributed by atoms with van der Waals surface area (Å²) in [5.41, 5.74) is 4.57.